The van der Waals surface area contributed by atoms with Crippen LogP contribution in [0.3, 0.4) is 0 Å². The molecule has 2 aromatic carbocycles. The number of nitrogens with two attached hydrogens (primary N) is 1. The van der Waals surface area contributed by atoms with Crippen LogP contribution in [0.1, 0.15) is 12.0 Å². The second-order valence-electron chi connectivity index (χ2n) is 6.59. The Morgan fingerprint density at radius 1 is 1.27 bits per heavy atom. The summed E-state index contributed by atoms with van der Waals surface area (Å²) in [6, 6.07) is 9.10. The largest absolute Gasteiger partial charge is 0.465 e. The highest BCUT2D eigenvalue weighted by atomic mass is 32.2. The maximum Gasteiger partial charge on any atom is 0.413 e. The summed E-state index contributed by atoms with van der Waals surface area (Å²) >= 11 is 0. The molecule has 3 aromatic rings. The van der Waals surface area contributed by atoms with E-state index in [0.717, 1.165) is 16.9 Å². The van der Waals surface area contributed by atoms with Crippen molar-refractivity contribution in [1.29, 1.82) is 0 Å². The molecule has 160 valence electrons. The number of imidazole rings is 1. The predicted molar refractivity (Wildman–Crippen MR) is 111 cm³/mol. The normalized spacial score (nSPS) is 11.5. The molecule has 0 aliphatic rings. The molecule has 0 radical (unpaired) electrons. The number of amides is 1. The third-order valence-corrected chi connectivity index (χ3v) is 5.73. The zero-order valence-corrected chi connectivity index (χ0v) is 17.3. The van der Waals surface area contributed by atoms with Crippen molar-refractivity contribution in [2.75, 3.05) is 31.4 Å². The van der Waals surface area contributed by atoms with E-state index in [1.807, 2.05) is 0 Å². The minimum absolute atomic E-state index is 0.0410. The number of carboxylic acid groups (broad SMARTS) is 1. The first-order valence-electron chi connectivity index (χ1n) is 8.99. The van der Waals surface area contributed by atoms with Gasteiger partial charge in [0.15, 0.2) is 0 Å². The molecular formula is C19H22N4O6S. The van der Waals surface area contributed by atoms with E-state index in [-0.39, 0.29) is 22.3 Å². The highest BCUT2D eigenvalue weighted by Gasteiger charge is 2.21. The summed E-state index contributed by atoms with van der Waals surface area (Å²) in [5.74, 6) is 0.144. The predicted octanol–water partition coefficient (Wildman–Crippen LogP) is 2.61. The second kappa shape index (κ2) is 8.59. The van der Waals surface area contributed by atoms with Gasteiger partial charge in [0.25, 0.3) is 0 Å². The van der Waals surface area contributed by atoms with E-state index in [0.29, 0.717) is 24.1 Å². The molecule has 0 bridgehead atoms. The van der Waals surface area contributed by atoms with Gasteiger partial charge in [-0.05, 0) is 42.7 Å². The van der Waals surface area contributed by atoms with Gasteiger partial charge in [-0.3, -0.25) is 4.90 Å². The van der Waals surface area contributed by atoms with Crippen molar-refractivity contribution in [2.45, 2.75) is 17.7 Å². The monoisotopic (exact) mass is 434 g/mol. The van der Waals surface area contributed by atoms with Crippen LogP contribution in [-0.4, -0.2) is 50.3 Å². The molecule has 0 fully saturated rings. The number of aryl methyl sites for hydroxylation is 1. The van der Waals surface area contributed by atoms with Crippen LogP contribution >= 0.6 is 0 Å². The third kappa shape index (κ3) is 4.63. The molecule has 1 amide bonds. The molecule has 0 unspecified atom stereocenters. The number of nitrogens with one attached hydrogen (secondary N) is 1. The fourth-order valence-corrected chi connectivity index (χ4v) is 3.88. The molecular weight excluding hydrogens is 412 g/mol. The number of nitrogens with zero attached hydrogens (tertiary/aromatic N) is 2. The number of anilines is 2. The first-order valence-corrected chi connectivity index (χ1v) is 10.4. The van der Waals surface area contributed by atoms with Gasteiger partial charge in [-0.25, -0.2) is 9.78 Å². The lowest BCUT2D eigenvalue weighted by Crippen LogP contribution is -2.24. The fourth-order valence-electron chi connectivity index (χ4n) is 2.85. The summed E-state index contributed by atoms with van der Waals surface area (Å²) in [4.78, 5) is 18.8. The smallest absolute Gasteiger partial charge is 0.413 e. The van der Waals surface area contributed by atoms with Gasteiger partial charge >= 0.3 is 16.2 Å². The van der Waals surface area contributed by atoms with Gasteiger partial charge in [0.05, 0.1) is 16.7 Å². The molecule has 30 heavy (non-hydrogen) atoms. The average molecular weight is 434 g/mol. The van der Waals surface area contributed by atoms with Gasteiger partial charge in [0.1, 0.15) is 10.6 Å². The molecule has 10 nitrogen and oxygen atoms in total. The van der Waals surface area contributed by atoms with Crippen molar-refractivity contribution in [2.24, 2.45) is 0 Å². The van der Waals surface area contributed by atoms with Crippen LogP contribution in [0.15, 0.2) is 41.3 Å². The van der Waals surface area contributed by atoms with Crippen LogP contribution in [0.5, 0.6) is 5.75 Å². The number of hydrogen-bond donors (Lipinski definition) is 3. The Hall–Kier alpha value is -3.31. The van der Waals surface area contributed by atoms with E-state index >= 15 is 0 Å². The molecule has 1 heterocycles. The molecule has 0 aliphatic heterocycles. The number of hydrogen-bond acceptors (Lipinski definition) is 7. The van der Waals surface area contributed by atoms with Crippen LogP contribution in [0.2, 0.25) is 0 Å². The van der Waals surface area contributed by atoms with E-state index in [1.54, 1.807) is 19.2 Å². The quantitative estimate of drug-likeness (QED) is 0.278. The van der Waals surface area contributed by atoms with Crippen molar-refractivity contribution in [3.63, 3.8) is 0 Å². The van der Waals surface area contributed by atoms with Gasteiger partial charge in [0.2, 0.25) is 5.95 Å². The van der Waals surface area contributed by atoms with E-state index < -0.39 is 16.2 Å². The van der Waals surface area contributed by atoms with E-state index in [2.05, 4.69) is 9.97 Å². The lowest BCUT2D eigenvalue weighted by atomic mass is 10.1. The second-order valence-corrected chi connectivity index (χ2v) is 8.10. The zero-order valence-electron chi connectivity index (χ0n) is 16.5. The maximum absolute atomic E-state index is 12.7. The molecule has 0 spiro atoms. The number of aromatic nitrogens is 2. The van der Waals surface area contributed by atoms with Gasteiger partial charge in [-0.15, -0.1) is 0 Å². The Bertz CT molecular complexity index is 1170. The Balaban J connectivity index is 1.82. The molecule has 1 aromatic heterocycles. The van der Waals surface area contributed by atoms with E-state index in [1.165, 1.54) is 31.3 Å². The van der Waals surface area contributed by atoms with Crippen molar-refractivity contribution in [3.8, 4) is 5.75 Å². The van der Waals surface area contributed by atoms with Crippen LogP contribution in [0.4, 0.5) is 16.4 Å². The molecule has 0 aliphatic carbocycles. The molecule has 3 rings (SSSR count). The van der Waals surface area contributed by atoms with E-state index in [4.69, 9.17) is 19.8 Å². The van der Waals surface area contributed by atoms with Gasteiger partial charge < -0.3 is 24.7 Å². The van der Waals surface area contributed by atoms with Crippen molar-refractivity contribution < 1.29 is 27.2 Å². The van der Waals surface area contributed by atoms with Crippen LogP contribution in [0.25, 0.3) is 11.0 Å². The van der Waals surface area contributed by atoms with E-state index in [9.17, 15) is 13.2 Å². The Labute approximate surface area is 173 Å². The standard InChI is InChI=1S/C19H22N4O6S/c1-23(19(24)25)18-21-15-7-6-13(11-16(15)22-18)29-30(26,27)17-8-5-12(10-14(17)20)4-3-9-28-2/h5-8,10-11H,3-4,9,20H2,1-2H3,(H,21,22)(H,24,25). The first-order chi connectivity index (χ1) is 14.2. The number of ether oxygens (including phenoxy) is 1. The minimum Gasteiger partial charge on any atom is -0.465 e. The molecule has 4 N–H and O–H groups in total. The average Bonchev–Trinajstić information content (AvgIpc) is 3.10. The number of fused-ring (bicyclic) bond motifs is 1. The topological polar surface area (TPSA) is 148 Å². The highest BCUT2D eigenvalue weighted by Crippen LogP contribution is 2.27. The van der Waals surface area contributed by atoms with Gasteiger partial charge in [0, 0.05) is 26.8 Å². The Morgan fingerprint density at radius 2 is 2.03 bits per heavy atom. The van der Waals surface area contributed by atoms with Gasteiger partial charge in [-0.2, -0.15) is 8.42 Å². The number of benzene rings is 2. The lowest BCUT2D eigenvalue weighted by Gasteiger charge is -2.11. The van der Waals surface area contributed by atoms with Crippen LogP contribution < -0.4 is 14.8 Å². The van der Waals surface area contributed by atoms with Crippen LogP contribution in [-0.2, 0) is 21.3 Å². The molecule has 11 heteroatoms. The SMILES string of the molecule is COCCCc1ccc(S(=O)(=O)Oc2ccc3nc(N(C)C(=O)O)[nH]c3c2)c(N)c1. The summed E-state index contributed by atoms with van der Waals surface area (Å²) < 4.78 is 35.6. The number of rotatable bonds is 8. The molecule has 0 saturated carbocycles. The number of methoxy groups -OCH3 is 1. The summed E-state index contributed by atoms with van der Waals surface area (Å²) in [5, 5.41) is 9.04. The summed E-state index contributed by atoms with van der Waals surface area (Å²) in [6.07, 6.45) is 0.319. The maximum atomic E-state index is 12.7. The molecule has 0 atom stereocenters. The van der Waals surface area contributed by atoms with Gasteiger partial charge in [-0.1, -0.05) is 6.07 Å². The van der Waals surface area contributed by atoms with Crippen molar-refractivity contribution in [1.82, 2.24) is 9.97 Å². The zero-order chi connectivity index (χ0) is 21.9. The minimum atomic E-state index is -4.17. The highest BCUT2D eigenvalue weighted by molar-refractivity contribution is 7.87. The number of aromatic amines is 1. The number of carbonyl (C=O) groups is 1. The van der Waals surface area contributed by atoms with Crippen molar-refractivity contribution in [3.05, 3.63) is 42.0 Å². The summed E-state index contributed by atoms with van der Waals surface area (Å²) in [5.41, 5.74) is 7.83. The molecule has 0 saturated heterocycles. The summed E-state index contributed by atoms with van der Waals surface area (Å²) in [7, 11) is -1.21. The Morgan fingerprint density at radius 3 is 2.70 bits per heavy atom. The first kappa shape index (κ1) is 21.4. The third-order valence-electron chi connectivity index (χ3n) is 4.41. The summed E-state index contributed by atoms with van der Waals surface area (Å²) in [6.45, 7) is 0.600. The Kier molecular flexibility index (Phi) is 6.13. The lowest BCUT2D eigenvalue weighted by molar-refractivity contribution is 0.195. The van der Waals surface area contributed by atoms with Crippen LogP contribution in [0, 0.1) is 0 Å². The number of H-pyrrole nitrogens is 1. The van der Waals surface area contributed by atoms with Crippen molar-refractivity contribution >= 4 is 38.9 Å². The number of nitrogen functional groups attached to an aromatic ring is 1. The fraction of sp³-hybridized carbons (Fsp3) is 0.263.